The van der Waals surface area contributed by atoms with Crippen LogP contribution in [-0.4, -0.2) is 36.0 Å². The van der Waals surface area contributed by atoms with E-state index in [0.717, 1.165) is 54.4 Å². The molecule has 23 heavy (non-hydrogen) atoms. The number of aryl methyl sites for hydroxylation is 2. The van der Waals surface area contributed by atoms with Crippen molar-refractivity contribution in [2.45, 2.75) is 45.2 Å². The molecule has 2 aromatic rings. The maximum atomic E-state index is 13.1. The quantitative estimate of drug-likeness (QED) is 0.869. The van der Waals surface area contributed by atoms with Crippen molar-refractivity contribution in [1.29, 1.82) is 0 Å². The van der Waals surface area contributed by atoms with Crippen LogP contribution in [0.15, 0.2) is 22.6 Å². The molecule has 2 fully saturated rings. The van der Waals surface area contributed by atoms with Gasteiger partial charge in [-0.05, 0) is 45.2 Å². The summed E-state index contributed by atoms with van der Waals surface area (Å²) in [6, 6.07) is 6.76. The average Bonchev–Trinajstić information content (AvgIpc) is 2.96. The number of halogens is 1. The molecule has 1 amide bonds. The molecular formula is C18H23ClN2O2. The van der Waals surface area contributed by atoms with Gasteiger partial charge < -0.3 is 14.6 Å². The standard InChI is InChI=1S/C18H22N2O2.ClH/c1-11-4-3-5-15-12(2)17(22-16(11)15)18(21)20-13-6-7-14(20)10-19-9-8-13;/h3-5,13-14,19H,6-10H2,1-2H3;1H. The van der Waals surface area contributed by atoms with Crippen molar-refractivity contribution in [1.82, 2.24) is 10.2 Å². The van der Waals surface area contributed by atoms with Crippen molar-refractivity contribution in [3.05, 3.63) is 35.1 Å². The van der Waals surface area contributed by atoms with E-state index >= 15 is 0 Å². The minimum atomic E-state index is 0. The van der Waals surface area contributed by atoms with Crippen LogP contribution in [0.3, 0.4) is 0 Å². The first-order valence-electron chi connectivity index (χ1n) is 8.19. The molecule has 0 aliphatic carbocycles. The Balaban J connectivity index is 0.00000156. The third-order valence-corrected chi connectivity index (χ3v) is 5.24. The van der Waals surface area contributed by atoms with Crippen LogP contribution in [0, 0.1) is 13.8 Å². The maximum absolute atomic E-state index is 13.1. The fourth-order valence-electron chi connectivity index (χ4n) is 4.02. The Labute approximate surface area is 142 Å². The van der Waals surface area contributed by atoms with Gasteiger partial charge in [-0.15, -0.1) is 12.4 Å². The van der Waals surface area contributed by atoms with Gasteiger partial charge in [0.1, 0.15) is 5.58 Å². The lowest BCUT2D eigenvalue weighted by Gasteiger charge is -2.27. The van der Waals surface area contributed by atoms with E-state index in [0.29, 0.717) is 17.8 Å². The summed E-state index contributed by atoms with van der Waals surface area (Å²) in [6.07, 6.45) is 3.26. The molecule has 2 aliphatic rings. The number of carbonyl (C=O) groups is 1. The van der Waals surface area contributed by atoms with E-state index in [1.54, 1.807) is 0 Å². The normalized spacial score (nSPS) is 23.7. The van der Waals surface area contributed by atoms with Gasteiger partial charge in [0, 0.05) is 29.6 Å². The number of hydrogen-bond acceptors (Lipinski definition) is 3. The van der Waals surface area contributed by atoms with Crippen LogP contribution >= 0.6 is 12.4 Å². The zero-order valence-corrected chi connectivity index (χ0v) is 14.4. The second-order valence-electron chi connectivity index (χ2n) is 6.60. The van der Waals surface area contributed by atoms with Crippen molar-refractivity contribution in [2.24, 2.45) is 0 Å². The molecule has 0 spiro atoms. The molecule has 3 heterocycles. The smallest absolute Gasteiger partial charge is 0.290 e. The highest BCUT2D eigenvalue weighted by molar-refractivity contribution is 6.00. The van der Waals surface area contributed by atoms with E-state index in [4.69, 9.17) is 4.42 Å². The predicted molar refractivity (Wildman–Crippen MR) is 93.4 cm³/mol. The summed E-state index contributed by atoms with van der Waals surface area (Å²) in [7, 11) is 0. The molecule has 124 valence electrons. The molecule has 4 nitrogen and oxygen atoms in total. The van der Waals surface area contributed by atoms with Gasteiger partial charge in [-0.1, -0.05) is 18.2 Å². The average molecular weight is 335 g/mol. The molecule has 2 aliphatic heterocycles. The second kappa shape index (κ2) is 6.17. The van der Waals surface area contributed by atoms with Crippen molar-refractivity contribution in [3.63, 3.8) is 0 Å². The monoisotopic (exact) mass is 334 g/mol. The molecule has 2 bridgehead atoms. The highest BCUT2D eigenvalue weighted by atomic mass is 35.5. The van der Waals surface area contributed by atoms with Crippen LogP contribution in [0.25, 0.3) is 11.0 Å². The molecule has 5 heteroatoms. The Bertz CT molecular complexity index is 726. The fourth-order valence-corrected chi connectivity index (χ4v) is 4.02. The number of hydrogen-bond donors (Lipinski definition) is 1. The third kappa shape index (κ3) is 2.54. The summed E-state index contributed by atoms with van der Waals surface area (Å²) in [5.41, 5.74) is 2.91. The number of para-hydroxylation sites is 1. The highest BCUT2D eigenvalue weighted by Gasteiger charge is 2.40. The van der Waals surface area contributed by atoms with Gasteiger partial charge in [0.2, 0.25) is 0 Å². The SMILES string of the molecule is Cc1c(C(=O)N2C3CCNCC2CC3)oc2c(C)cccc12.Cl. The third-order valence-electron chi connectivity index (χ3n) is 5.24. The number of furan rings is 1. The van der Waals surface area contributed by atoms with Crippen molar-refractivity contribution in [2.75, 3.05) is 13.1 Å². The summed E-state index contributed by atoms with van der Waals surface area (Å²) in [5, 5.41) is 4.50. The molecule has 1 N–H and O–H groups in total. The van der Waals surface area contributed by atoms with Crippen molar-refractivity contribution in [3.8, 4) is 0 Å². The second-order valence-corrected chi connectivity index (χ2v) is 6.60. The Kier molecular flexibility index (Phi) is 4.39. The minimum absolute atomic E-state index is 0. The molecule has 2 atom stereocenters. The predicted octanol–water partition coefficient (Wildman–Crippen LogP) is 3.44. The van der Waals surface area contributed by atoms with E-state index in [1.807, 2.05) is 32.0 Å². The molecule has 2 saturated heterocycles. The number of benzene rings is 1. The molecule has 4 rings (SSSR count). The zero-order chi connectivity index (χ0) is 15.3. The Morgan fingerprint density at radius 3 is 2.78 bits per heavy atom. The van der Waals surface area contributed by atoms with Crippen LogP contribution in [0.1, 0.15) is 40.9 Å². The summed E-state index contributed by atoms with van der Waals surface area (Å²) < 4.78 is 6.00. The van der Waals surface area contributed by atoms with Crippen LogP contribution in [-0.2, 0) is 0 Å². The van der Waals surface area contributed by atoms with Crippen LogP contribution in [0.5, 0.6) is 0 Å². The van der Waals surface area contributed by atoms with E-state index in [-0.39, 0.29) is 18.3 Å². The fraction of sp³-hybridized carbons (Fsp3) is 0.500. The van der Waals surface area contributed by atoms with Crippen LogP contribution in [0.4, 0.5) is 0 Å². The first-order chi connectivity index (χ1) is 10.7. The van der Waals surface area contributed by atoms with Gasteiger partial charge in [0.25, 0.3) is 5.91 Å². The van der Waals surface area contributed by atoms with Crippen LogP contribution < -0.4 is 5.32 Å². The zero-order valence-electron chi connectivity index (χ0n) is 13.6. The number of amides is 1. The Hall–Kier alpha value is -1.52. The van der Waals surface area contributed by atoms with Crippen molar-refractivity contribution >= 4 is 29.3 Å². The number of carbonyl (C=O) groups excluding carboxylic acids is 1. The van der Waals surface area contributed by atoms with Crippen molar-refractivity contribution < 1.29 is 9.21 Å². The summed E-state index contributed by atoms with van der Waals surface area (Å²) in [4.78, 5) is 15.2. The molecule has 0 radical (unpaired) electrons. The van der Waals surface area contributed by atoms with Gasteiger partial charge in [0.05, 0.1) is 0 Å². The molecule has 2 unspecified atom stereocenters. The highest BCUT2D eigenvalue weighted by Crippen LogP contribution is 2.33. The lowest BCUT2D eigenvalue weighted by Crippen LogP contribution is -2.42. The topological polar surface area (TPSA) is 45.5 Å². The maximum Gasteiger partial charge on any atom is 0.290 e. The molecular weight excluding hydrogens is 312 g/mol. The summed E-state index contributed by atoms with van der Waals surface area (Å²) in [5.74, 6) is 0.604. The first kappa shape index (κ1) is 16.3. The number of nitrogens with zero attached hydrogens (tertiary/aromatic N) is 1. The van der Waals surface area contributed by atoms with E-state index in [9.17, 15) is 4.79 Å². The summed E-state index contributed by atoms with van der Waals surface area (Å²) in [6.45, 7) is 5.93. The van der Waals surface area contributed by atoms with Crippen LogP contribution in [0.2, 0.25) is 0 Å². The molecule has 1 aromatic heterocycles. The van der Waals surface area contributed by atoms with E-state index in [1.165, 1.54) is 0 Å². The number of rotatable bonds is 1. The largest absolute Gasteiger partial charge is 0.450 e. The van der Waals surface area contributed by atoms with Gasteiger partial charge >= 0.3 is 0 Å². The number of nitrogens with one attached hydrogen (secondary N) is 1. The van der Waals surface area contributed by atoms with Gasteiger partial charge in [-0.25, -0.2) is 0 Å². The van der Waals surface area contributed by atoms with E-state index in [2.05, 4.69) is 10.2 Å². The molecule has 0 saturated carbocycles. The van der Waals surface area contributed by atoms with E-state index < -0.39 is 0 Å². The Morgan fingerprint density at radius 1 is 1.22 bits per heavy atom. The van der Waals surface area contributed by atoms with Gasteiger partial charge in [-0.2, -0.15) is 0 Å². The lowest BCUT2D eigenvalue weighted by molar-refractivity contribution is 0.0649. The van der Waals surface area contributed by atoms with Gasteiger partial charge in [-0.3, -0.25) is 4.79 Å². The number of fused-ring (bicyclic) bond motifs is 3. The summed E-state index contributed by atoms with van der Waals surface area (Å²) >= 11 is 0. The molecule has 1 aromatic carbocycles. The first-order valence-corrected chi connectivity index (χ1v) is 8.19. The minimum Gasteiger partial charge on any atom is -0.450 e. The Morgan fingerprint density at radius 2 is 2.00 bits per heavy atom. The van der Waals surface area contributed by atoms with Gasteiger partial charge in [0.15, 0.2) is 5.76 Å². The lowest BCUT2D eigenvalue weighted by atomic mass is 10.1.